The summed E-state index contributed by atoms with van der Waals surface area (Å²) in [6.45, 7) is 41.5. The van der Waals surface area contributed by atoms with Gasteiger partial charge in [-0.2, -0.15) is 108 Å². The molecule has 0 unspecified atom stereocenters. The summed E-state index contributed by atoms with van der Waals surface area (Å²) < 4.78 is 7.40. The van der Waals surface area contributed by atoms with Crippen LogP contribution in [0.25, 0.3) is 174 Å². The predicted octanol–water partition coefficient (Wildman–Crippen LogP) is 39.1. The van der Waals surface area contributed by atoms with Crippen LogP contribution in [-0.2, 0) is 118 Å². The van der Waals surface area contributed by atoms with Gasteiger partial charge in [0.15, 0.2) is 0 Å². The first-order valence-electron chi connectivity index (χ1n) is 46.7. The van der Waals surface area contributed by atoms with Gasteiger partial charge in [-0.3, -0.25) is 0 Å². The van der Waals surface area contributed by atoms with Crippen molar-refractivity contribution in [2.45, 2.75) is 212 Å². The molecule has 16 aromatic carbocycles. The van der Waals surface area contributed by atoms with Crippen LogP contribution in [0.4, 0.5) is 0 Å². The second-order valence-electron chi connectivity index (χ2n) is 27.8. The minimum Gasteiger partial charge on any atom is -0.342 e. The molecule has 3 aliphatic rings. The van der Waals surface area contributed by atoms with Gasteiger partial charge in [-0.1, -0.05) is 395 Å². The molecule has 3 nitrogen and oxygen atoms in total. The van der Waals surface area contributed by atoms with E-state index in [1.54, 1.807) is 0 Å². The van der Waals surface area contributed by atoms with Gasteiger partial charge in [-0.05, 0) is 88.3 Å². The van der Waals surface area contributed by atoms with Crippen LogP contribution < -0.4 is 0 Å². The number of para-hydroxylation sites is 3. The third-order valence-electron chi connectivity index (χ3n) is 21.5. The number of rotatable bonds is 6. The van der Waals surface area contributed by atoms with E-state index in [0.29, 0.717) is 0 Å². The van der Waals surface area contributed by atoms with Gasteiger partial charge in [0.05, 0.1) is 0 Å². The van der Waals surface area contributed by atoms with Crippen molar-refractivity contribution >= 4 is 141 Å². The van der Waals surface area contributed by atoms with Crippen molar-refractivity contribution in [3.63, 3.8) is 0 Å². The van der Waals surface area contributed by atoms with Crippen molar-refractivity contribution in [3.8, 4) is 33.4 Å². The number of fused-ring (bicyclic) bond motifs is 25. The number of nitrogens with zero attached hydrogens (tertiary/aromatic N) is 3. The van der Waals surface area contributed by atoms with Gasteiger partial charge in [-0.15, -0.1) is 63.3 Å². The second-order valence-corrected chi connectivity index (χ2v) is 27.8. The van der Waals surface area contributed by atoms with E-state index >= 15 is 0 Å². The molecule has 673 valence electrons. The molecule has 3 aliphatic carbocycles. The zero-order chi connectivity index (χ0) is 89.4. The maximum atomic E-state index is 3.77. The fourth-order valence-corrected chi connectivity index (χ4v) is 16.8. The summed E-state index contributed by atoms with van der Waals surface area (Å²) in [6, 6.07) is 116. The standard InChI is InChI=1S/C32H21N.2C28H19N.3C6H8.8C2H6.3CH4.3Y/c1-2-33-28-19-11-10-18-26(28)30-25-17-9-8-16-24(25)29-27(21-12-4-3-5-13-21)20-22-14-6-7-15-23(22)31(29)32(30)33;1-2-29-25-18-9-8-15-23(25)27-22-14-7-6-13-21(22)26-20(19-11-4-3-5-12-19)16-10-17-24(26)28(27)29;1-2-29-26-15-9-8-14-22(26)24-17-16-23-25(19-10-4-3-5-11-19)18-20-12-6-7-13-21(20)27(23)28(24)29;3*1-2-4-6-5-3-1;8*1-2;;;;;;/h3-12,14-19H,2H2,1H3;3-11,13-15,17-18H,2H2,1H3;3-10,12-17H,2H2,1H3;3*1-4H,5-6H2;8*1-2H3;3*1H4;;;/q3*-2;;;;;;;;;;;;;;;;;. The largest absolute Gasteiger partial charge is 0.342 e. The molecule has 0 fully saturated rings. The fraction of sp³-hybridized carbons (Fsp3) is 0.248. The summed E-state index contributed by atoms with van der Waals surface area (Å²) in [5.74, 6) is 0. The van der Waals surface area contributed by atoms with Crippen LogP contribution in [0, 0.1) is 36.4 Å². The Kier molecular flexibility index (Phi) is 54.8. The normalized spacial score (nSPS) is 11.1. The Labute approximate surface area is 865 Å². The van der Waals surface area contributed by atoms with Crippen molar-refractivity contribution in [1.82, 2.24) is 13.7 Å². The molecule has 0 bridgehead atoms. The van der Waals surface area contributed by atoms with Crippen molar-refractivity contribution in [1.29, 1.82) is 0 Å². The van der Waals surface area contributed by atoms with E-state index < -0.39 is 0 Å². The van der Waals surface area contributed by atoms with E-state index in [-0.39, 0.29) is 120 Å². The Bertz CT molecular complexity index is 6650. The maximum Gasteiger partial charge on any atom is 0.0491 e. The number of hydrogen-bond donors (Lipinski definition) is 0. The van der Waals surface area contributed by atoms with Crippen LogP contribution in [0.15, 0.2) is 340 Å². The molecule has 6 heteroatoms. The van der Waals surface area contributed by atoms with Crippen molar-refractivity contribution in [2.75, 3.05) is 0 Å². The molecule has 131 heavy (non-hydrogen) atoms. The van der Waals surface area contributed by atoms with E-state index in [9.17, 15) is 0 Å². The summed E-state index contributed by atoms with van der Waals surface area (Å²) >= 11 is 0. The fourth-order valence-electron chi connectivity index (χ4n) is 16.8. The van der Waals surface area contributed by atoms with Crippen molar-refractivity contribution in [3.05, 3.63) is 376 Å². The van der Waals surface area contributed by atoms with Gasteiger partial charge in [0.2, 0.25) is 0 Å². The third kappa shape index (κ3) is 26.1. The smallest absolute Gasteiger partial charge is 0.0491 e. The zero-order valence-corrected chi connectivity index (χ0v) is 88.3. The molecular weight excluding hydrogens is 1810 g/mol. The molecule has 22 rings (SSSR count). The topological polar surface area (TPSA) is 14.8 Å². The van der Waals surface area contributed by atoms with Crippen LogP contribution in [0.3, 0.4) is 0 Å². The number of benzene rings is 16. The van der Waals surface area contributed by atoms with Crippen LogP contribution in [0.1, 0.15) is 192 Å². The van der Waals surface area contributed by atoms with E-state index in [2.05, 4.69) is 374 Å². The maximum absolute atomic E-state index is 3.77. The Hall–Kier alpha value is -9.51. The number of aromatic nitrogens is 3. The average Bonchev–Trinajstić information content (AvgIpc) is 1.55. The van der Waals surface area contributed by atoms with Gasteiger partial charge in [0, 0.05) is 183 Å². The van der Waals surface area contributed by atoms with Crippen LogP contribution in [0.5, 0.6) is 0 Å². The first kappa shape index (κ1) is 116. The van der Waals surface area contributed by atoms with E-state index in [4.69, 9.17) is 0 Å². The number of aryl methyl sites for hydroxylation is 3. The molecule has 3 aromatic heterocycles. The Morgan fingerprint density at radius 1 is 0.214 bits per heavy atom. The molecule has 0 amide bonds. The molecule has 3 heterocycles. The van der Waals surface area contributed by atoms with Crippen molar-refractivity contribution in [2.24, 2.45) is 0 Å². The summed E-state index contributed by atoms with van der Waals surface area (Å²) in [5, 5.41) is 25.5. The average molecular weight is 1950 g/mol. The van der Waals surface area contributed by atoms with E-state index in [1.807, 2.05) is 147 Å². The molecule has 0 spiro atoms. The summed E-state index contributed by atoms with van der Waals surface area (Å²) in [6.07, 6.45) is 33.0. The van der Waals surface area contributed by atoms with Gasteiger partial charge >= 0.3 is 0 Å². The minimum absolute atomic E-state index is 0. The molecule has 0 saturated heterocycles. The molecule has 0 atom stereocenters. The third-order valence-corrected chi connectivity index (χ3v) is 21.5. The minimum atomic E-state index is 0. The second kappa shape index (κ2) is 62.1. The molecule has 3 radical (unpaired) electrons. The van der Waals surface area contributed by atoms with Gasteiger partial charge < -0.3 is 13.7 Å². The van der Waals surface area contributed by atoms with Gasteiger partial charge in [-0.25, -0.2) is 22.3 Å². The SMILES string of the molecule is C.C.C.C1=CCCC=C1.C1=CCCC=C1.C1=CCCC=C1.CC.CC.CC.CC.CC.CC.CC.CC.CCn1c2ccccc2c2c3ccccc3c3c(-c4[c-]cccc4)[c-]c4ccccc4c3c21.CCn1c2ccccc2c2c3ccccc3c3c(-c4[c-]cccc4)[c-]ccc3c21.CCn1c2ccccc2c2ccc3c(-c4[c-]cccc4)[c-]c4ccccc4c3c21.[Y].[Y].[Y]. The summed E-state index contributed by atoms with van der Waals surface area (Å²) in [4.78, 5) is 0. The van der Waals surface area contributed by atoms with Crippen LogP contribution in [0.2, 0.25) is 0 Å². The summed E-state index contributed by atoms with van der Waals surface area (Å²) in [5.41, 5.74) is 14.4. The molecule has 0 aliphatic heterocycles. The molecule has 19 aromatic rings. The van der Waals surface area contributed by atoms with E-state index in [0.717, 1.165) is 63.8 Å². The Morgan fingerprint density at radius 2 is 0.496 bits per heavy atom. The number of allylic oxidation sites excluding steroid dienone is 12. The Balaban J connectivity index is 0.000000422. The molecular formula is C125H143N3Y3-6. The van der Waals surface area contributed by atoms with Crippen LogP contribution in [-0.4, -0.2) is 13.7 Å². The zero-order valence-electron chi connectivity index (χ0n) is 79.8. The van der Waals surface area contributed by atoms with Gasteiger partial charge in [0.25, 0.3) is 0 Å². The monoisotopic (exact) mass is 1950 g/mol. The molecule has 0 N–H and O–H groups in total. The Morgan fingerprint density at radius 3 is 0.878 bits per heavy atom. The number of hydrogen-bond acceptors (Lipinski definition) is 0. The quantitative estimate of drug-likeness (QED) is 0.116. The predicted molar refractivity (Wildman–Crippen MR) is 581 cm³/mol. The van der Waals surface area contributed by atoms with Gasteiger partial charge in [0.1, 0.15) is 0 Å². The summed E-state index contributed by atoms with van der Waals surface area (Å²) in [7, 11) is 0. The van der Waals surface area contributed by atoms with E-state index in [1.165, 1.54) is 169 Å². The first-order chi connectivity index (χ1) is 62.1. The first-order valence-corrected chi connectivity index (χ1v) is 46.7. The van der Waals surface area contributed by atoms with Crippen molar-refractivity contribution < 1.29 is 98.1 Å². The molecule has 0 saturated carbocycles. The van der Waals surface area contributed by atoms with Crippen LogP contribution >= 0.6 is 0 Å².